The second kappa shape index (κ2) is 4.76. The van der Waals surface area contributed by atoms with Crippen LogP contribution in [0.5, 0.6) is 0 Å². The van der Waals surface area contributed by atoms with Gasteiger partial charge in [-0.3, -0.25) is 0 Å². The maximum Gasteiger partial charge on any atom is -0.0323 e. The normalized spacial score (nSPS) is 62.2. The van der Waals surface area contributed by atoms with Crippen LogP contribution in [-0.4, -0.2) is 0 Å². The molecular formula is C22H34. The molecule has 8 aliphatic rings. The second-order valence-electron chi connectivity index (χ2n) is 10.7. The van der Waals surface area contributed by atoms with Gasteiger partial charge in [-0.15, -0.1) is 0 Å². The maximum absolute atomic E-state index is 1.64. The van der Waals surface area contributed by atoms with Crippen molar-refractivity contribution in [2.45, 2.75) is 77.0 Å². The van der Waals surface area contributed by atoms with E-state index in [1.54, 1.807) is 77.0 Å². The van der Waals surface area contributed by atoms with Gasteiger partial charge >= 0.3 is 0 Å². The van der Waals surface area contributed by atoms with Crippen LogP contribution in [0.3, 0.4) is 0 Å². The molecule has 22 heavy (non-hydrogen) atoms. The lowest BCUT2D eigenvalue weighted by molar-refractivity contribution is 0.0198. The topological polar surface area (TPSA) is 0 Å². The maximum atomic E-state index is 1.64. The molecule has 0 aromatic rings. The molecule has 8 rings (SSSR count). The van der Waals surface area contributed by atoms with Crippen LogP contribution in [0.25, 0.3) is 0 Å². The van der Waals surface area contributed by atoms with Crippen LogP contribution in [0.1, 0.15) is 77.0 Å². The highest BCUT2D eigenvalue weighted by atomic mass is 14.6. The lowest BCUT2D eigenvalue weighted by atomic mass is 9.56. The van der Waals surface area contributed by atoms with E-state index < -0.39 is 0 Å². The first-order valence-electron chi connectivity index (χ1n) is 10.8. The summed E-state index contributed by atoms with van der Waals surface area (Å²) in [5.41, 5.74) is 0. The van der Waals surface area contributed by atoms with E-state index in [9.17, 15) is 0 Å². The summed E-state index contributed by atoms with van der Waals surface area (Å²) in [5, 5.41) is 0. The molecule has 8 bridgehead atoms. The highest BCUT2D eigenvalue weighted by Crippen LogP contribution is 2.67. The first kappa shape index (κ1) is 13.3. The Kier molecular flexibility index (Phi) is 2.88. The zero-order valence-electron chi connectivity index (χ0n) is 14.3. The summed E-state index contributed by atoms with van der Waals surface area (Å²) in [6, 6.07) is 0. The Morgan fingerprint density at radius 2 is 0.591 bits per heavy atom. The molecule has 0 amide bonds. The molecule has 8 aliphatic carbocycles. The Hall–Kier alpha value is 0. The van der Waals surface area contributed by atoms with Gasteiger partial charge in [0.15, 0.2) is 0 Å². The van der Waals surface area contributed by atoms with Crippen LogP contribution in [0.2, 0.25) is 0 Å². The van der Waals surface area contributed by atoms with Crippen LogP contribution in [0.15, 0.2) is 0 Å². The fourth-order valence-electron chi connectivity index (χ4n) is 9.51. The summed E-state index contributed by atoms with van der Waals surface area (Å²) < 4.78 is 0. The van der Waals surface area contributed by atoms with Gasteiger partial charge in [0.1, 0.15) is 0 Å². The summed E-state index contributed by atoms with van der Waals surface area (Å²) in [4.78, 5) is 0. The fraction of sp³-hybridized carbons (Fsp3) is 1.00. The highest BCUT2D eigenvalue weighted by Gasteiger charge is 2.59. The van der Waals surface area contributed by atoms with Gasteiger partial charge in [-0.05, 0) is 136 Å². The van der Waals surface area contributed by atoms with Gasteiger partial charge in [-0.25, -0.2) is 0 Å². The van der Waals surface area contributed by atoms with Gasteiger partial charge in [0.05, 0.1) is 0 Å². The molecule has 8 saturated carbocycles. The number of fused-ring (bicyclic) bond motifs is 9. The molecule has 0 heterocycles. The molecule has 0 aromatic heterocycles. The van der Waals surface area contributed by atoms with E-state index in [1.165, 1.54) is 59.2 Å². The third-order valence-electron chi connectivity index (χ3n) is 9.65. The minimum Gasteiger partial charge on any atom is -0.0499 e. The quantitative estimate of drug-likeness (QED) is 0.488. The van der Waals surface area contributed by atoms with Crippen molar-refractivity contribution >= 4 is 0 Å². The summed E-state index contributed by atoms with van der Waals surface area (Å²) >= 11 is 0. The standard InChI is InChI=1S/C12H18.C10H16/c1-2-8-5-7(1)11-9-3-4-10(6-9)12(8)11;1-7-2-9-4-8(1)5-10(3-7)6-9/h7-12H,1-6H2;7-10H,1-6H2. The molecule has 4 unspecified atom stereocenters. The number of hydrogen-bond acceptors (Lipinski definition) is 0. The van der Waals surface area contributed by atoms with Crippen molar-refractivity contribution < 1.29 is 0 Å². The smallest absolute Gasteiger partial charge is 0.0323 e. The molecule has 8 fully saturated rings. The van der Waals surface area contributed by atoms with Crippen LogP contribution in [-0.2, 0) is 0 Å². The molecule has 0 heteroatoms. The van der Waals surface area contributed by atoms with E-state index >= 15 is 0 Å². The van der Waals surface area contributed by atoms with Crippen LogP contribution in [0, 0.1) is 59.2 Å². The molecule has 0 saturated heterocycles. The Balaban J connectivity index is 0.0000000964. The zero-order valence-corrected chi connectivity index (χ0v) is 14.3. The van der Waals surface area contributed by atoms with Crippen molar-refractivity contribution in [1.29, 1.82) is 0 Å². The van der Waals surface area contributed by atoms with Crippen molar-refractivity contribution in [2.24, 2.45) is 59.2 Å². The molecular weight excluding hydrogens is 264 g/mol. The average Bonchev–Trinajstić information content (AvgIpc) is 3.27. The summed E-state index contributed by atoms with van der Waals surface area (Å²) in [7, 11) is 0. The van der Waals surface area contributed by atoms with Crippen LogP contribution >= 0.6 is 0 Å². The molecule has 0 N–H and O–H groups in total. The first-order valence-corrected chi connectivity index (χ1v) is 10.8. The van der Waals surface area contributed by atoms with Crippen molar-refractivity contribution in [2.75, 3.05) is 0 Å². The Labute approximate surface area is 136 Å². The van der Waals surface area contributed by atoms with Gasteiger partial charge in [0.25, 0.3) is 0 Å². The van der Waals surface area contributed by atoms with Gasteiger partial charge in [-0.2, -0.15) is 0 Å². The molecule has 4 atom stereocenters. The van der Waals surface area contributed by atoms with E-state index in [1.807, 2.05) is 0 Å². The van der Waals surface area contributed by atoms with E-state index in [0.717, 1.165) is 0 Å². The predicted molar refractivity (Wildman–Crippen MR) is 90.3 cm³/mol. The van der Waals surface area contributed by atoms with Crippen molar-refractivity contribution in [3.63, 3.8) is 0 Å². The summed E-state index contributed by atoms with van der Waals surface area (Å²) in [6.45, 7) is 0. The lowest BCUT2D eigenvalue weighted by Crippen LogP contribution is -2.38. The third kappa shape index (κ3) is 1.88. The van der Waals surface area contributed by atoms with E-state index in [2.05, 4.69) is 0 Å². The zero-order chi connectivity index (χ0) is 14.3. The minimum absolute atomic E-state index is 1.18. The summed E-state index contributed by atoms with van der Waals surface area (Å²) in [6.07, 6.45) is 19.3. The molecule has 0 aliphatic heterocycles. The molecule has 0 radical (unpaired) electrons. The molecule has 0 spiro atoms. The van der Waals surface area contributed by atoms with Crippen LogP contribution in [0.4, 0.5) is 0 Å². The molecule has 0 aromatic carbocycles. The monoisotopic (exact) mass is 298 g/mol. The average molecular weight is 299 g/mol. The SMILES string of the molecule is C1C2CC3CC1CC(C2)C3.C1CC2CC1C1C3CCC(C3)C21. The second-order valence-corrected chi connectivity index (χ2v) is 10.7. The largest absolute Gasteiger partial charge is 0.0499 e. The van der Waals surface area contributed by atoms with Crippen molar-refractivity contribution in [3.8, 4) is 0 Å². The predicted octanol–water partition coefficient (Wildman–Crippen LogP) is 5.91. The highest BCUT2D eigenvalue weighted by molar-refractivity contribution is 5.08. The van der Waals surface area contributed by atoms with Gasteiger partial charge < -0.3 is 0 Å². The third-order valence-corrected chi connectivity index (χ3v) is 9.65. The fourth-order valence-corrected chi connectivity index (χ4v) is 9.51. The van der Waals surface area contributed by atoms with Crippen molar-refractivity contribution in [3.05, 3.63) is 0 Å². The van der Waals surface area contributed by atoms with E-state index in [0.29, 0.717) is 0 Å². The molecule has 122 valence electrons. The van der Waals surface area contributed by atoms with Gasteiger partial charge in [0.2, 0.25) is 0 Å². The number of hydrogen-bond donors (Lipinski definition) is 0. The summed E-state index contributed by atoms with van der Waals surface area (Å²) in [5.74, 6) is 12.0. The van der Waals surface area contributed by atoms with Crippen LogP contribution < -0.4 is 0 Å². The lowest BCUT2D eigenvalue weighted by Gasteiger charge is -2.49. The van der Waals surface area contributed by atoms with Gasteiger partial charge in [0, 0.05) is 0 Å². The van der Waals surface area contributed by atoms with Crippen molar-refractivity contribution in [1.82, 2.24) is 0 Å². The minimum atomic E-state index is 1.18. The molecule has 0 nitrogen and oxygen atoms in total. The number of rotatable bonds is 0. The van der Waals surface area contributed by atoms with E-state index in [-0.39, 0.29) is 0 Å². The Morgan fingerprint density at radius 1 is 0.318 bits per heavy atom. The first-order chi connectivity index (χ1) is 10.8. The van der Waals surface area contributed by atoms with E-state index in [4.69, 9.17) is 0 Å². The Bertz CT molecular complexity index is 350. The Morgan fingerprint density at radius 3 is 0.864 bits per heavy atom. The van der Waals surface area contributed by atoms with Gasteiger partial charge in [-0.1, -0.05) is 0 Å².